The van der Waals surface area contributed by atoms with Gasteiger partial charge in [-0.15, -0.1) is 0 Å². The van der Waals surface area contributed by atoms with Crippen molar-refractivity contribution in [1.29, 1.82) is 0 Å². The Morgan fingerprint density at radius 1 is 1.33 bits per heavy atom. The molecule has 0 fully saturated rings. The molecule has 0 spiro atoms. The molecule has 0 aliphatic heterocycles. The van der Waals surface area contributed by atoms with Gasteiger partial charge in [0.15, 0.2) is 6.10 Å². The lowest BCUT2D eigenvalue weighted by molar-refractivity contribution is -0.148. The zero-order valence-corrected chi connectivity index (χ0v) is 11.8. The minimum atomic E-state index is -1.12. The number of hydrogen-bond acceptors (Lipinski definition) is 4. The summed E-state index contributed by atoms with van der Waals surface area (Å²) in [4.78, 5) is 27.4. The van der Waals surface area contributed by atoms with Gasteiger partial charge in [-0.2, -0.15) is 0 Å². The zero-order valence-electron chi connectivity index (χ0n) is 11.8. The summed E-state index contributed by atoms with van der Waals surface area (Å²) in [6, 6.07) is 9.05. The second-order valence-corrected chi connectivity index (χ2v) is 4.60. The van der Waals surface area contributed by atoms with Crippen molar-refractivity contribution < 1.29 is 19.4 Å². The number of aromatic nitrogens is 1. The second-order valence-electron chi connectivity index (χ2n) is 4.60. The van der Waals surface area contributed by atoms with Crippen LogP contribution in [0.1, 0.15) is 16.1 Å². The van der Waals surface area contributed by atoms with E-state index in [1.807, 2.05) is 25.1 Å². The van der Waals surface area contributed by atoms with E-state index in [2.05, 4.69) is 10.3 Å². The van der Waals surface area contributed by atoms with Crippen molar-refractivity contribution in [2.24, 2.45) is 0 Å². The number of carboxylic acid groups (broad SMARTS) is 1. The molecule has 0 saturated heterocycles. The molecule has 2 aromatic rings. The van der Waals surface area contributed by atoms with Gasteiger partial charge < -0.3 is 15.2 Å². The first-order valence-corrected chi connectivity index (χ1v) is 6.43. The van der Waals surface area contributed by atoms with Crippen molar-refractivity contribution in [1.82, 2.24) is 10.3 Å². The molecule has 6 nitrogen and oxygen atoms in total. The van der Waals surface area contributed by atoms with Crippen molar-refractivity contribution >= 4 is 22.8 Å². The van der Waals surface area contributed by atoms with Crippen molar-refractivity contribution in [3.8, 4) is 0 Å². The van der Waals surface area contributed by atoms with Gasteiger partial charge in [-0.1, -0.05) is 18.2 Å². The van der Waals surface area contributed by atoms with Crippen LogP contribution in [0.5, 0.6) is 0 Å². The molecule has 0 bridgehead atoms. The van der Waals surface area contributed by atoms with Crippen LogP contribution < -0.4 is 5.32 Å². The van der Waals surface area contributed by atoms with Crippen molar-refractivity contribution in [3.05, 3.63) is 41.6 Å². The van der Waals surface area contributed by atoms with E-state index in [1.165, 1.54) is 7.11 Å². The Bertz CT molecular complexity index is 684. The molecular weight excluding hydrogens is 272 g/mol. The van der Waals surface area contributed by atoms with Crippen LogP contribution in [0.2, 0.25) is 0 Å². The quantitative estimate of drug-likeness (QED) is 0.867. The fourth-order valence-corrected chi connectivity index (χ4v) is 1.98. The van der Waals surface area contributed by atoms with Crippen molar-refractivity contribution in [2.75, 3.05) is 13.7 Å². The third-order valence-corrected chi connectivity index (χ3v) is 3.11. The first-order chi connectivity index (χ1) is 10.0. The molecule has 1 aromatic carbocycles. The number of ether oxygens (including phenoxy) is 1. The lowest BCUT2D eigenvalue weighted by atomic mass is 10.1. The summed E-state index contributed by atoms with van der Waals surface area (Å²) in [7, 11) is 1.29. The van der Waals surface area contributed by atoms with Gasteiger partial charge in [0.25, 0.3) is 5.91 Å². The van der Waals surface area contributed by atoms with Gasteiger partial charge in [0.05, 0.1) is 17.6 Å². The number of fused-ring (bicyclic) bond motifs is 1. The fourth-order valence-electron chi connectivity index (χ4n) is 1.98. The zero-order chi connectivity index (χ0) is 15.4. The van der Waals surface area contributed by atoms with Crippen LogP contribution in [0.15, 0.2) is 30.3 Å². The average molecular weight is 288 g/mol. The summed E-state index contributed by atoms with van der Waals surface area (Å²) >= 11 is 0. The summed E-state index contributed by atoms with van der Waals surface area (Å²) in [5.41, 5.74) is 1.82. The summed E-state index contributed by atoms with van der Waals surface area (Å²) in [6.07, 6.45) is -1.07. The third kappa shape index (κ3) is 3.35. The van der Waals surface area contributed by atoms with Crippen LogP contribution in [0.25, 0.3) is 10.9 Å². The number of nitrogens with zero attached hydrogens (tertiary/aromatic N) is 1. The number of carbonyl (C=O) groups excluding carboxylic acids is 1. The number of rotatable bonds is 5. The summed E-state index contributed by atoms with van der Waals surface area (Å²) in [6.45, 7) is 1.74. The minimum absolute atomic E-state index is 0.104. The SMILES string of the molecule is COC(CNC(=O)c1cccc2ccc(C)nc12)C(=O)O. The first kappa shape index (κ1) is 14.9. The van der Waals surface area contributed by atoms with Crippen LogP contribution in [0, 0.1) is 6.92 Å². The maximum Gasteiger partial charge on any atom is 0.334 e. The number of carbonyl (C=O) groups is 2. The number of carboxylic acids is 1. The molecule has 2 N–H and O–H groups in total. The van der Waals surface area contributed by atoms with Gasteiger partial charge in [-0.3, -0.25) is 9.78 Å². The molecular formula is C15H16N2O4. The van der Waals surface area contributed by atoms with Gasteiger partial charge in [0.1, 0.15) is 0 Å². The van der Waals surface area contributed by atoms with E-state index < -0.39 is 12.1 Å². The number of amides is 1. The Kier molecular flexibility index (Phi) is 4.49. The van der Waals surface area contributed by atoms with Gasteiger partial charge >= 0.3 is 5.97 Å². The maximum absolute atomic E-state index is 12.2. The smallest absolute Gasteiger partial charge is 0.334 e. The van der Waals surface area contributed by atoms with E-state index in [0.717, 1.165) is 11.1 Å². The minimum Gasteiger partial charge on any atom is -0.479 e. The standard InChI is InChI=1S/C15H16N2O4/c1-9-6-7-10-4-3-5-11(13(10)17-9)14(18)16-8-12(21-2)15(19)20/h3-7,12H,8H2,1-2H3,(H,16,18)(H,19,20). The second kappa shape index (κ2) is 6.32. The predicted octanol–water partition coefficient (Wildman–Crippen LogP) is 1.37. The lowest BCUT2D eigenvalue weighted by Crippen LogP contribution is -2.37. The number of nitrogens with one attached hydrogen (secondary N) is 1. The molecule has 0 aliphatic carbocycles. The number of aliphatic carboxylic acids is 1. The van der Waals surface area contributed by atoms with E-state index in [0.29, 0.717) is 11.1 Å². The number of aryl methyl sites for hydroxylation is 1. The lowest BCUT2D eigenvalue weighted by Gasteiger charge is -2.12. The topological polar surface area (TPSA) is 88.5 Å². The van der Waals surface area contributed by atoms with Crippen LogP contribution in [0.4, 0.5) is 0 Å². The average Bonchev–Trinajstić information content (AvgIpc) is 2.46. The van der Waals surface area contributed by atoms with Crippen molar-refractivity contribution in [2.45, 2.75) is 13.0 Å². The Morgan fingerprint density at radius 2 is 2.10 bits per heavy atom. The Hall–Kier alpha value is -2.47. The fraction of sp³-hybridized carbons (Fsp3) is 0.267. The molecule has 0 radical (unpaired) electrons. The Morgan fingerprint density at radius 3 is 2.76 bits per heavy atom. The molecule has 110 valence electrons. The highest BCUT2D eigenvalue weighted by Gasteiger charge is 2.18. The monoisotopic (exact) mass is 288 g/mol. The normalized spacial score (nSPS) is 12.1. The molecule has 2 rings (SSSR count). The predicted molar refractivity (Wildman–Crippen MR) is 77.2 cm³/mol. The van der Waals surface area contributed by atoms with Gasteiger partial charge in [0.2, 0.25) is 0 Å². The third-order valence-electron chi connectivity index (χ3n) is 3.11. The molecule has 0 saturated carbocycles. The Labute approximate surface area is 121 Å². The number of methoxy groups -OCH3 is 1. The van der Waals surface area contributed by atoms with E-state index in [-0.39, 0.29) is 12.5 Å². The highest BCUT2D eigenvalue weighted by atomic mass is 16.5. The molecule has 1 unspecified atom stereocenters. The molecule has 0 aliphatic rings. The number of para-hydroxylation sites is 1. The van der Waals surface area contributed by atoms with Gasteiger partial charge in [0, 0.05) is 18.2 Å². The van der Waals surface area contributed by atoms with E-state index >= 15 is 0 Å². The van der Waals surface area contributed by atoms with E-state index in [9.17, 15) is 9.59 Å². The van der Waals surface area contributed by atoms with E-state index in [1.54, 1.807) is 12.1 Å². The summed E-state index contributed by atoms with van der Waals surface area (Å²) in [5, 5.41) is 12.3. The number of benzene rings is 1. The summed E-state index contributed by atoms with van der Waals surface area (Å²) < 4.78 is 4.77. The van der Waals surface area contributed by atoms with E-state index in [4.69, 9.17) is 9.84 Å². The van der Waals surface area contributed by atoms with Crippen LogP contribution in [0.3, 0.4) is 0 Å². The molecule has 21 heavy (non-hydrogen) atoms. The van der Waals surface area contributed by atoms with Crippen LogP contribution >= 0.6 is 0 Å². The molecule has 1 atom stereocenters. The maximum atomic E-state index is 12.2. The van der Waals surface area contributed by atoms with Crippen LogP contribution in [-0.2, 0) is 9.53 Å². The highest BCUT2D eigenvalue weighted by Crippen LogP contribution is 2.17. The van der Waals surface area contributed by atoms with Crippen molar-refractivity contribution in [3.63, 3.8) is 0 Å². The number of hydrogen-bond donors (Lipinski definition) is 2. The number of pyridine rings is 1. The molecule has 1 aromatic heterocycles. The molecule has 1 heterocycles. The molecule has 1 amide bonds. The van der Waals surface area contributed by atoms with Gasteiger partial charge in [-0.25, -0.2) is 4.79 Å². The Balaban J connectivity index is 2.23. The highest BCUT2D eigenvalue weighted by molar-refractivity contribution is 6.05. The van der Waals surface area contributed by atoms with Crippen LogP contribution in [-0.4, -0.2) is 41.7 Å². The first-order valence-electron chi connectivity index (χ1n) is 6.43. The van der Waals surface area contributed by atoms with Gasteiger partial charge in [-0.05, 0) is 19.1 Å². The summed E-state index contributed by atoms with van der Waals surface area (Å²) in [5.74, 6) is -1.49. The largest absolute Gasteiger partial charge is 0.479 e. The molecule has 6 heteroatoms.